The molecule has 0 rings (SSSR count). The summed E-state index contributed by atoms with van der Waals surface area (Å²) in [5, 5.41) is 46.6. The molecule has 0 aromatic carbocycles. The number of carboxylic acid groups (broad SMARTS) is 4. The van der Waals surface area contributed by atoms with Crippen LogP contribution in [0.1, 0.15) is 148 Å². The highest BCUT2D eigenvalue weighted by Gasteiger charge is 2.26. The summed E-state index contributed by atoms with van der Waals surface area (Å²) < 4.78 is 0. The quantitative estimate of drug-likeness (QED) is 0.0326. The van der Waals surface area contributed by atoms with Gasteiger partial charge in [-0.1, -0.05) is 64.2 Å². The van der Waals surface area contributed by atoms with Gasteiger partial charge in [0, 0.05) is 38.6 Å². The number of carbonyl (C=O) groups is 9. The zero-order valence-corrected chi connectivity index (χ0v) is 31.9. The number of carboxylic acids is 4. The van der Waals surface area contributed by atoms with Gasteiger partial charge in [-0.15, -0.1) is 0 Å². The van der Waals surface area contributed by atoms with Gasteiger partial charge in [0.25, 0.3) is 0 Å². The Morgan fingerprint density at radius 1 is 0.436 bits per heavy atom. The first kappa shape index (κ1) is 50.4. The Labute approximate surface area is 322 Å². The molecule has 10 N–H and O–H groups in total. The third-order valence-corrected chi connectivity index (χ3v) is 8.89. The van der Waals surface area contributed by atoms with E-state index in [0.29, 0.717) is 38.5 Å². The summed E-state index contributed by atoms with van der Waals surface area (Å²) in [5.74, 6) is -7.52. The van der Waals surface area contributed by atoms with Crippen molar-refractivity contribution in [1.29, 1.82) is 0 Å². The number of aldehydes is 1. The first-order valence-corrected chi connectivity index (χ1v) is 19.4. The van der Waals surface area contributed by atoms with Gasteiger partial charge in [-0.05, 0) is 51.4 Å². The van der Waals surface area contributed by atoms with Crippen molar-refractivity contribution in [1.82, 2.24) is 21.3 Å². The molecule has 0 aliphatic carbocycles. The molecule has 4 amide bonds. The van der Waals surface area contributed by atoms with Crippen molar-refractivity contribution in [2.75, 3.05) is 6.54 Å². The summed E-state index contributed by atoms with van der Waals surface area (Å²) in [6.45, 7) is 0.299. The lowest BCUT2D eigenvalue weighted by Gasteiger charge is -2.18. The van der Waals surface area contributed by atoms with E-state index in [4.69, 9.17) is 10.8 Å². The lowest BCUT2D eigenvalue weighted by molar-refractivity contribution is -0.144. The molecule has 0 aromatic heterocycles. The maximum Gasteiger partial charge on any atom is 0.326 e. The van der Waals surface area contributed by atoms with Crippen LogP contribution in [-0.2, 0) is 43.2 Å². The van der Waals surface area contributed by atoms with Crippen LogP contribution < -0.4 is 27.0 Å². The van der Waals surface area contributed by atoms with Crippen molar-refractivity contribution >= 4 is 53.8 Å². The third kappa shape index (κ3) is 29.4. The monoisotopic (exact) mass is 785 g/mol. The molecule has 0 saturated heterocycles. The molecule has 0 aliphatic rings. The standard InChI is InChI=1S/C37H63N5O13/c38-26(25-43)15-13-14-24-39-30(44)21-18-27(35(50)51)41-32(46)23-20-29(37(54)55)42-33(47)22-19-28(36(52)53)40-31(45)16-11-9-7-5-3-1-2-4-6-8-10-12-17-34(48)49/h25-29H,1-24,38H2,(H,39,44)(H,40,45)(H,41,46)(H,42,47)(H,48,49)(H,50,51)(H,52,53)(H,54,55)/t26-,27-,28-,29-/m0/s1. The van der Waals surface area contributed by atoms with E-state index in [0.717, 1.165) is 70.6 Å². The van der Waals surface area contributed by atoms with Gasteiger partial charge in [-0.2, -0.15) is 0 Å². The van der Waals surface area contributed by atoms with Crippen molar-refractivity contribution in [3.63, 3.8) is 0 Å². The summed E-state index contributed by atoms with van der Waals surface area (Å²) >= 11 is 0. The number of amides is 4. The van der Waals surface area contributed by atoms with Crippen LogP contribution in [0.2, 0.25) is 0 Å². The predicted octanol–water partition coefficient (Wildman–Crippen LogP) is 2.39. The molecule has 18 nitrogen and oxygen atoms in total. The highest BCUT2D eigenvalue weighted by atomic mass is 16.4. The van der Waals surface area contributed by atoms with E-state index >= 15 is 0 Å². The van der Waals surface area contributed by atoms with Crippen LogP contribution >= 0.6 is 0 Å². The minimum atomic E-state index is -1.53. The van der Waals surface area contributed by atoms with E-state index in [1.807, 2.05) is 0 Å². The molecule has 4 atom stereocenters. The number of nitrogens with two attached hydrogens (primary N) is 1. The molecular weight excluding hydrogens is 722 g/mol. The molecule has 0 spiro atoms. The number of unbranched alkanes of at least 4 members (excludes halogenated alkanes) is 12. The highest BCUT2D eigenvalue weighted by Crippen LogP contribution is 2.13. The van der Waals surface area contributed by atoms with Crippen LogP contribution in [0.25, 0.3) is 0 Å². The van der Waals surface area contributed by atoms with Crippen LogP contribution in [0.3, 0.4) is 0 Å². The Kier molecular flexibility index (Phi) is 29.1. The smallest absolute Gasteiger partial charge is 0.326 e. The molecule has 0 aliphatic heterocycles. The van der Waals surface area contributed by atoms with Crippen LogP contribution in [0.5, 0.6) is 0 Å². The molecule has 0 radical (unpaired) electrons. The first-order valence-electron chi connectivity index (χ1n) is 19.4. The number of hydrogen-bond acceptors (Lipinski definition) is 10. The predicted molar refractivity (Wildman–Crippen MR) is 200 cm³/mol. The van der Waals surface area contributed by atoms with E-state index in [1.54, 1.807) is 0 Å². The number of carbonyl (C=O) groups excluding carboxylic acids is 5. The summed E-state index contributed by atoms with van der Waals surface area (Å²) in [4.78, 5) is 105. The molecule has 0 aromatic rings. The highest BCUT2D eigenvalue weighted by molar-refractivity contribution is 5.87. The second-order valence-electron chi connectivity index (χ2n) is 13.8. The van der Waals surface area contributed by atoms with Gasteiger partial charge >= 0.3 is 23.9 Å². The molecule has 0 unspecified atom stereocenters. The van der Waals surface area contributed by atoms with Gasteiger partial charge in [0.2, 0.25) is 23.6 Å². The molecule has 0 bridgehead atoms. The van der Waals surface area contributed by atoms with Crippen LogP contribution in [0.15, 0.2) is 0 Å². The van der Waals surface area contributed by atoms with Crippen LogP contribution in [0.4, 0.5) is 0 Å². The molecular formula is C37H63N5O13. The number of aliphatic carboxylic acids is 4. The van der Waals surface area contributed by atoms with Crippen LogP contribution in [0, 0.1) is 0 Å². The van der Waals surface area contributed by atoms with Crippen molar-refractivity contribution in [2.24, 2.45) is 5.73 Å². The van der Waals surface area contributed by atoms with E-state index in [1.165, 1.54) is 0 Å². The van der Waals surface area contributed by atoms with E-state index in [-0.39, 0.29) is 32.1 Å². The topological polar surface area (TPSA) is 309 Å². The minimum Gasteiger partial charge on any atom is -0.481 e. The largest absolute Gasteiger partial charge is 0.481 e. The van der Waals surface area contributed by atoms with Gasteiger partial charge in [-0.25, -0.2) is 14.4 Å². The van der Waals surface area contributed by atoms with E-state index in [9.17, 15) is 58.5 Å². The SMILES string of the molecule is N[C@H](C=O)CCCCNC(=O)CC[C@H](NC(=O)CC[C@H](NC(=O)CC[C@H](NC(=O)CCCCCCCCCCCCCCC(=O)O)C(=O)O)C(=O)O)C(=O)O. The van der Waals surface area contributed by atoms with Crippen molar-refractivity contribution in [3.8, 4) is 0 Å². The van der Waals surface area contributed by atoms with Gasteiger partial charge in [-0.3, -0.25) is 24.0 Å². The Morgan fingerprint density at radius 3 is 1.15 bits per heavy atom. The Balaban J connectivity index is 4.40. The van der Waals surface area contributed by atoms with Gasteiger partial charge in [0.15, 0.2) is 0 Å². The fourth-order valence-electron chi connectivity index (χ4n) is 5.62. The van der Waals surface area contributed by atoms with Crippen molar-refractivity contribution in [2.45, 2.75) is 172 Å². The normalized spacial score (nSPS) is 13.0. The van der Waals surface area contributed by atoms with Gasteiger partial charge in [0.1, 0.15) is 24.4 Å². The summed E-state index contributed by atoms with van der Waals surface area (Å²) in [7, 11) is 0. The van der Waals surface area contributed by atoms with Gasteiger partial charge < -0.3 is 52.2 Å². The van der Waals surface area contributed by atoms with Gasteiger partial charge in [0.05, 0.1) is 6.04 Å². The molecule has 0 heterocycles. The van der Waals surface area contributed by atoms with E-state index in [2.05, 4.69) is 21.3 Å². The molecule has 18 heteroatoms. The second-order valence-corrected chi connectivity index (χ2v) is 13.8. The first-order chi connectivity index (χ1) is 26.2. The lowest BCUT2D eigenvalue weighted by Crippen LogP contribution is -2.45. The third-order valence-electron chi connectivity index (χ3n) is 8.89. The zero-order chi connectivity index (χ0) is 41.4. The van der Waals surface area contributed by atoms with Crippen molar-refractivity contribution in [3.05, 3.63) is 0 Å². The number of rotatable bonds is 36. The molecule has 55 heavy (non-hydrogen) atoms. The average Bonchev–Trinajstić information content (AvgIpc) is 3.12. The van der Waals surface area contributed by atoms with Crippen molar-refractivity contribution < 1.29 is 63.6 Å². The average molecular weight is 786 g/mol. The Morgan fingerprint density at radius 2 is 0.782 bits per heavy atom. The van der Waals surface area contributed by atoms with E-state index < -0.39 is 90.9 Å². The van der Waals surface area contributed by atoms with Crippen LogP contribution in [-0.4, -0.2) is 105 Å². The molecule has 314 valence electrons. The maximum atomic E-state index is 12.5. The zero-order valence-electron chi connectivity index (χ0n) is 31.9. The number of nitrogens with one attached hydrogen (secondary N) is 4. The Hall–Kier alpha value is -4.61. The number of hydrogen-bond donors (Lipinski definition) is 9. The Bertz CT molecular complexity index is 1220. The second kappa shape index (κ2) is 31.7. The lowest BCUT2D eigenvalue weighted by atomic mass is 10.0. The maximum absolute atomic E-state index is 12.5. The summed E-state index contributed by atoms with van der Waals surface area (Å²) in [5.41, 5.74) is 5.49. The fourth-order valence-corrected chi connectivity index (χ4v) is 5.62. The summed E-state index contributed by atoms with van der Waals surface area (Å²) in [6.07, 6.45) is 12.2. The molecule has 0 saturated carbocycles. The minimum absolute atomic E-state index is 0.122. The summed E-state index contributed by atoms with van der Waals surface area (Å²) in [6, 6.07) is -4.90. The fraction of sp³-hybridized carbons (Fsp3) is 0.757. The molecule has 0 fully saturated rings.